The first-order valence-corrected chi connectivity index (χ1v) is 3.71. The highest BCUT2D eigenvalue weighted by Crippen LogP contribution is 2.03. The highest BCUT2D eigenvalue weighted by Gasteiger charge is 2.14. The summed E-state index contributed by atoms with van der Waals surface area (Å²) in [6.45, 7) is 8.73. The molecule has 0 rings (SSSR count). The maximum Gasteiger partial charge on any atom is 0.105 e. The average Bonchev–Trinajstić information content (AvgIpc) is 2.00. The Bertz CT molecular complexity index is 132. The molecule has 66 valence electrons. The van der Waals surface area contributed by atoms with Gasteiger partial charge in [-0.2, -0.15) is 0 Å². The quantitative estimate of drug-likeness (QED) is 0.572. The molecule has 0 aromatic heterocycles. The topological polar surface area (TPSA) is 47.3 Å². The van der Waals surface area contributed by atoms with E-state index in [2.05, 4.69) is 25.7 Å². The van der Waals surface area contributed by atoms with E-state index in [-0.39, 0.29) is 5.54 Å². The van der Waals surface area contributed by atoms with Crippen molar-refractivity contribution in [2.24, 2.45) is 5.73 Å². The number of ether oxygens (including phenoxy) is 1. The van der Waals surface area contributed by atoms with Crippen molar-refractivity contribution in [1.29, 1.82) is 0 Å². The maximum absolute atomic E-state index is 5.30. The first-order chi connectivity index (χ1) is 5.02. The fraction of sp³-hybridized carbons (Fsp3) is 0.750. The van der Waals surface area contributed by atoms with Crippen LogP contribution in [0.2, 0.25) is 0 Å². The second kappa shape index (κ2) is 4.36. The predicted octanol–water partition coefficient (Wildman–Crippen LogP) is 0.473. The van der Waals surface area contributed by atoms with E-state index in [9.17, 15) is 0 Å². The lowest BCUT2D eigenvalue weighted by Crippen LogP contribution is -2.41. The van der Waals surface area contributed by atoms with Crippen LogP contribution in [0, 0.1) is 0 Å². The van der Waals surface area contributed by atoms with Crippen LogP contribution in [-0.2, 0) is 4.74 Å². The Morgan fingerprint density at radius 1 is 1.64 bits per heavy atom. The number of hydrogen-bond acceptors (Lipinski definition) is 3. The van der Waals surface area contributed by atoms with Crippen molar-refractivity contribution in [3.8, 4) is 0 Å². The first-order valence-electron chi connectivity index (χ1n) is 3.71. The van der Waals surface area contributed by atoms with Crippen molar-refractivity contribution >= 4 is 0 Å². The Kier molecular flexibility index (Phi) is 4.15. The Hall–Kier alpha value is -0.540. The highest BCUT2D eigenvalue weighted by atomic mass is 16.5. The molecule has 0 aliphatic heterocycles. The second-order valence-electron chi connectivity index (χ2n) is 3.17. The molecule has 0 aliphatic rings. The smallest absolute Gasteiger partial charge is 0.105 e. The average molecular weight is 158 g/mol. The molecule has 0 atom stereocenters. The van der Waals surface area contributed by atoms with Gasteiger partial charge in [0, 0.05) is 5.54 Å². The molecule has 0 aliphatic carbocycles. The van der Waals surface area contributed by atoms with Crippen LogP contribution < -0.4 is 11.1 Å². The van der Waals surface area contributed by atoms with Gasteiger partial charge in [-0.15, -0.1) is 0 Å². The molecule has 0 spiro atoms. The molecule has 0 aromatic rings. The van der Waals surface area contributed by atoms with E-state index in [4.69, 9.17) is 10.5 Å². The van der Waals surface area contributed by atoms with E-state index in [1.54, 1.807) is 0 Å². The third kappa shape index (κ3) is 4.81. The first kappa shape index (κ1) is 10.5. The van der Waals surface area contributed by atoms with Gasteiger partial charge in [-0.1, -0.05) is 6.58 Å². The molecule has 0 aromatic carbocycles. The SMILES string of the molecule is C=C(CN)OCC(C)(C)NC. The molecule has 0 heterocycles. The van der Waals surface area contributed by atoms with Crippen LogP contribution in [0.3, 0.4) is 0 Å². The zero-order chi connectivity index (χ0) is 8.91. The summed E-state index contributed by atoms with van der Waals surface area (Å²) in [5.74, 6) is 0.633. The molecule has 0 amide bonds. The summed E-state index contributed by atoms with van der Waals surface area (Å²) in [5, 5.41) is 3.11. The van der Waals surface area contributed by atoms with Gasteiger partial charge in [0.05, 0.1) is 6.54 Å². The summed E-state index contributed by atoms with van der Waals surface area (Å²) in [4.78, 5) is 0. The normalized spacial score (nSPS) is 11.3. The highest BCUT2D eigenvalue weighted by molar-refractivity contribution is 4.86. The van der Waals surface area contributed by atoms with Crippen molar-refractivity contribution in [2.45, 2.75) is 19.4 Å². The lowest BCUT2D eigenvalue weighted by molar-refractivity contribution is 0.144. The summed E-state index contributed by atoms with van der Waals surface area (Å²) >= 11 is 0. The van der Waals surface area contributed by atoms with E-state index < -0.39 is 0 Å². The van der Waals surface area contributed by atoms with Crippen molar-refractivity contribution in [3.63, 3.8) is 0 Å². The zero-order valence-electron chi connectivity index (χ0n) is 7.61. The minimum absolute atomic E-state index is 0.0158. The van der Waals surface area contributed by atoms with Gasteiger partial charge in [-0.25, -0.2) is 0 Å². The molecular weight excluding hydrogens is 140 g/mol. The number of nitrogens with two attached hydrogens (primary N) is 1. The predicted molar refractivity (Wildman–Crippen MR) is 47.3 cm³/mol. The molecule has 0 unspecified atom stereocenters. The molecular formula is C8H18N2O. The Morgan fingerprint density at radius 3 is 2.55 bits per heavy atom. The molecule has 3 N–H and O–H groups in total. The monoisotopic (exact) mass is 158 g/mol. The molecule has 0 radical (unpaired) electrons. The molecule has 3 nitrogen and oxygen atoms in total. The van der Waals surface area contributed by atoms with Gasteiger partial charge in [0.15, 0.2) is 0 Å². The lowest BCUT2D eigenvalue weighted by atomic mass is 10.1. The number of nitrogens with one attached hydrogen (secondary N) is 1. The van der Waals surface area contributed by atoms with Crippen LogP contribution in [0.1, 0.15) is 13.8 Å². The zero-order valence-corrected chi connectivity index (χ0v) is 7.61. The maximum atomic E-state index is 5.30. The summed E-state index contributed by atoms with van der Waals surface area (Å²) in [5.41, 5.74) is 5.28. The summed E-state index contributed by atoms with van der Waals surface area (Å²) < 4.78 is 5.26. The van der Waals surface area contributed by atoms with Gasteiger partial charge >= 0.3 is 0 Å². The van der Waals surface area contributed by atoms with Crippen molar-refractivity contribution < 1.29 is 4.74 Å². The third-order valence-corrected chi connectivity index (χ3v) is 1.54. The fourth-order valence-electron chi connectivity index (χ4n) is 0.414. The van der Waals surface area contributed by atoms with E-state index >= 15 is 0 Å². The standard InChI is InChI=1S/C8H18N2O/c1-7(5-9)11-6-8(2,3)10-4/h10H,1,5-6,9H2,2-4H3. The minimum Gasteiger partial charge on any atom is -0.495 e. The number of likely N-dealkylation sites (N-methyl/N-ethyl adjacent to an activating group) is 1. The Morgan fingerprint density at radius 2 is 2.18 bits per heavy atom. The Labute approximate surface area is 68.6 Å². The minimum atomic E-state index is -0.0158. The van der Waals surface area contributed by atoms with Crippen LogP contribution in [0.15, 0.2) is 12.3 Å². The summed E-state index contributed by atoms with van der Waals surface area (Å²) in [7, 11) is 1.90. The molecule has 0 fully saturated rings. The lowest BCUT2D eigenvalue weighted by Gasteiger charge is -2.24. The van der Waals surface area contributed by atoms with Gasteiger partial charge in [-0.3, -0.25) is 0 Å². The van der Waals surface area contributed by atoms with E-state index in [0.717, 1.165) is 0 Å². The van der Waals surface area contributed by atoms with Crippen LogP contribution in [0.5, 0.6) is 0 Å². The van der Waals surface area contributed by atoms with E-state index in [1.165, 1.54) is 0 Å². The summed E-state index contributed by atoms with van der Waals surface area (Å²) in [6, 6.07) is 0. The number of rotatable bonds is 5. The van der Waals surface area contributed by atoms with Crippen molar-refractivity contribution in [3.05, 3.63) is 12.3 Å². The fourth-order valence-corrected chi connectivity index (χ4v) is 0.414. The van der Waals surface area contributed by atoms with Crippen LogP contribution >= 0.6 is 0 Å². The van der Waals surface area contributed by atoms with Gasteiger partial charge in [0.25, 0.3) is 0 Å². The molecule has 0 saturated heterocycles. The largest absolute Gasteiger partial charge is 0.495 e. The van der Waals surface area contributed by atoms with Crippen LogP contribution in [0.4, 0.5) is 0 Å². The molecule has 11 heavy (non-hydrogen) atoms. The molecule has 3 heteroatoms. The van der Waals surface area contributed by atoms with Crippen LogP contribution in [0.25, 0.3) is 0 Å². The van der Waals surface area contributed by atoms with Crippen molar-refractivity contribution in [2.75, 3.05) is 20.2 Å². The van der Waals surface area contributed by atoms with Crippen molar-refractivity contribution in [1.82, 2.24) is 5.32 Å². The second-order valence-corrected chi connectivity index (χ2v) is 3.17. The third-order valence-electron chi connectivity index (χ3n) is 1.54. The molecule has 0 bridgehead atoms. The van der Waals surface area contributed by atoms with Crippen LogP contribution in [-0.4, -0.2) is 25.7 Å². The van der Waals surface area contributed by atoms with Gasteiger partial charge < -0.3 is 15.8 Å². The Balaban J connectivity index is 3.61. The van der Waals surface area contributed by atoms with Gasteiger partial charge in [0.1, 0.15) is 12.4 Å². The number of hydrogen-bond donors (Lipinski definition) is 2. The van der Waals surface area contributed by atoms with E-state index in [1.807, 2.05) is 7.05 Å². The van der Waals surface area contributed by atoms with Gasteiger partial charge in [0.2, 0.25) is 0 Å². The summed E-state index contributed by atoms with van der Waals surface area (Å²) in [6.07, 6.45) is 0. The molecule has 0 saturated carbocycles. The van der Waals surface area contributed by atoms with E-state index in [0.29, 0.717) is 18.9 Å². The van der Waals surface area contributed by atoms with Gasteiger partial charge in [-0.05, 0) is 20.9 Å².